The molecule has 0 unspecified atom stereocenters. The number of amides is 2. The molecular formula is C30H35N3O4. The van der Waals surface area contributed by atoms with Crippen molar-refractivity contribution in [3.63, 3.8) is 0 Å². The van der Waals surface area contributed by atoms with Crippen molar-refractivity contribution in [1.82, 2.24) is 4.90 Å². The third kappa shape index (κ3) is 8.31. The molecule has 194 valence electrons. The van der Waals surface area contributed by atoms with Crippen LogP contribution in [0.4, 0.5) is 11.4 Å². The highest BCUT2D eigenvalue weighted by Gasteiger charge is 2.18. The second-order valence-corrected chi connectivity index (χ2v) is 8.87. The predicted octanol–water partition coefficient (Wildman–Crippen LogP) is 4.81. The van der Waals surface area contributed by atoms with Gasteiger partial charge in [-0.2, -0.15) is 0 Å². The minimum absolute atomic E-state index is 0.00781. The molecule has 7 nitrogen and oxygen atoms in total. The number of nitrogens with one attached hydrogen (secondary N) is 1. The molecule has 4 N–H and O–H groups in total. The second-order valence-electron chi connectivity index (χ2n) is 8.87. The summed E-state index contributed by atoms with van der Waals surface area (Å²) < 4.78 is 5.74. The van der Waals surface area contributed by atoms with Gasteiger partial charge >= 0.3 is 0 Å². The molecular weight excluding hydrogens is 466 g/mol. The molecule has 0 bridgehead atoms. The molecule has 0 spiro atoms. The number of ether oxygens (including phenoxy) is 1. The van der Waals surface area contributed by atoms with Crippen molar-refractivity contribution >= 4 is 23.2 Å². The van der Waals surface area contributed by atoms with Gasteiger partial charge < -0.3 is 25.8 Å². The third-order valence-electron chi connectivity index (χ3n) is 6.07. The van der Waals surface area contributed by atoms with E-state index in [1.807, 2.05) is 73.7 Å². The number of methoxy groups -OCH3 is 1. The van der Waals surface area contributed by atoms with Crippen molar-refractivity contribution in [3.05, 3.63) is 108 Å². The number of nitrogen functional groups attached to an aromatic ring is 1. The quantitative estimate of drug-likeness (QED) is 0.244. The van der Waals surface area contributed by atoms with Crippen LogP contribution in [-0.4, -0.2) is 42.1 Å². The van der Waals surface area contributed by atoms with Gasteiger partial charge in [-0.15, -0.1) is 0 Å². The highest BCUT2D eigenvalue weighted by Crippen LogP contribution is 2.28. The fourth-order valence-electron chi connectivity index (χ4n) is 4.08. The lowest BCUT2D eigenvalue weighted by atomic mass is 9.96. The number of aliphatic hydroxyl groups is 1. The number of aliphatic hydroxyl groups excluding tert-OH is 1. The second kappa shape index (κ2) is 14.0. The minimum Gasteiger partial charge on any atom is -0.399 e. The summed E-state index contributed by atoms with van der Waals surface area (Å²) >= 11 is 0. The Hall–Kier alpha value is -3.94. The molecule has 0 heterocycles. The van der Waals surface area contributed by atoms with Gasteiger partial charge in [-0.05, 0) is 47.5 Å². The van der Waals surface area contributed by atoms with Crippen molar-refractivity contribution in [2.75, 3.05) is 31.3 Å². The molecule has 0 fully saturated rings. The Morgan fingerprint density at radius 2 is 1.70 bits per heavy atom. The molecule has 0 aromatic heterocycles. The number of carbonyl (C=O) groups is 2. The summed E-state index contributed by atoms with van der Waals surface area (Å²) in [5.74, 6) is -0.246. The molecule has 37 heavy (non-hydrogen) atoms. The normalized spacial score (nSPS) is 12.7. The van der Waals surface area contributed by atoms with E-state index in [9.17, 15) is 14.7 Å². The zero-order valence-corrected chi connectivity index (χ0v) is 21.3. The minimum atomic E-state index is -0.217. The number of nitrogens with two attached hydrogens (primary N) is 1. The van der Waals surface area contributed by atoms with Crippen molar-refractivity contribution < 1.29 is 19.4 Å². The van der Waals surface area contributed by atoms with Crippen molar-refractivity contribution in [2.45, 2.75) is 26.0 Å². The molecule has 0 aliphatic carbocycles. The van der Waals surface area contributed by atoms with Gasteiger partial charge in [-0.3, -0.25) is 9.59 Å². The van der Waals surface area contributed by atoms with Crippen LogP contribution in [0.3, 0.4) is 0 Å². The standard InChI is InChI=1S/C30H35N3O4/c1-22(7-6-10-28(35)33(19-20-34)21-23-8-4-3-5-9-23)29(37-2)24-13-17-27(18-14-24)32-30(36)25-11-15-26(31)16-12-25/h3-9,11-18,22,29,34H,10,19-21,31H2,1-2H3,(H,32,36)/b7-6+/t22-,29+/m0/s1. The van der Waals surface area contributed by atoms with Crippen molar-refractivity contribution in [1.29, 1.82) is 0 Å². The van der Waals surface area contributed by atoms with Gasteiger partial charge in [0.15, 0.2) is 0 Å². The summed E-state index contributed by atoms with van der Waals surface area (Å²) in [5, 5.41) is 12.3. The van der Waals surface area contributed by atoms with Gasteiger partial charge in [-0.1, -0.05) is 61.5 Å². The van der Waals surface area contributed by atoms with Gasteiger partial charge in [0.05, 0.1) is 12.7 Å². The lowest BCUT2D eigenvalue weighted by molar-refractivity contribution is -0.131. The number of nitrogens with zero attached hydrogens (tertiary/aromatic N) is 1. The fourth-order valence-corrected chi connectivity index (χ4v) is 4.08. The van der Waals surface area contributed by atoms with Crippen LogP contribution in [0.15, 0.2) is 91.0 Å². The third-order valence-corrected chi connectivity index (χ3v) is 6.07. The molecule has 0 saturated heterocycles. The van der Waals surface area contributed by atoms with E-state index in [-0.39, 0.29) is 36.9 Å². The van der Waals surface area contributed by atoms with Crippen molar-refractivity contribution in [3.8, 4) is 0 Å². The first kappa shape index (κ1) is 27.6. The molecule has 2 atom stereocenters. The average Bonchev–Trinajstić information content (AvgIpc) is 2.90. The lowest BCUT2D eigenvalue weighted by Gasteiger charge is -2.22. The first-order valence-corrected chi connectivity index (χ1v) is 12.3. The maximum Gasteiger partial charge on any atom is 0.255 e. The number of carbonyl (C=O) groups excluding carboxylic acids is 2. The summed E-state index contributed by atoms with van der Waals surface area (Å²) in [5.41, 5.74) is 9.48. The first-order chi connectivity index (χ1) is 17.9. The van der Waals surface area contributed by atoms with E-state index in [2.05, 4.69) is 5.32 Å². The van der Waals surface area contributed by atoms with E-state index in [0.29, 0.717) is 30.0 Å². The zero-order valence-electron chi connectivity index (χ0n) is 21.3. The van der Waals surface area contributed by atoms with Crippen LogP contribution in [0.25, 0.3) is 0 Å². The number of anilines is 2. The van der Waals surface area contributed by atoms with Crippen LogP contribution in [0.2, 0.25) is 0 Å². The number of hydrogen-bond donors (Lipinski definition) is 3. The number of benzene rings is 3. The van der Waals surface area contributed by atoms with Gasteiger partial charge in [0.2, 0.25) is 5.91 Å². The predicted molar refractivity (Wildman–Crippen MR) is 147 cm³/mol. The van der Waals surface area contributed by atoms with Gasteiger partial charge in [0, 0.05) is 49.5 Å². The Balaban J connectivity index is 1.57. The highest BCUT2D eigenvalue weighted by atomic mass is 16.5. The van der Waals surface area contributed by atoms with Crippen LogP contribution in [-0.2, 0) is 16.1 Å². The molecule has 0 aliphatic rings. The fraction of sp³-hybridized carbons (Fsp3) is 0.267. The topological polar surface area (TPSA) is 105 Å². The van der Waals surface area contributed by atoms with Gasteiger partial charge in [0.1, 0.15) is 0 Å². The van der Waals surface area contributed by atoms with Gasteiger partial charge in [0.25, 0.3) is 5.91 Å². The lowest BCUT2D eigenvalue weighted by Crippen LogP contribution is -2.32. The Morgan fingerprint density at radius 3 is 2.32 bits per heavy atom. The summed E-state index contributed by atoms with van der Waals surface area (Å²) in [6.45, 7) is 2.70. The number of hydrogen-bond acceptors (Lipinski definition) is 5. The Morgan fingerprint density at radius 1 is 1.03 bits per heavy atom. The highest BCUT2D eigenvalue weighted by molar-refractivity contribution is 6.04. The van der Waals surface area contributed by atoms with Crippen LogP contribution in [0.5, 0.6) is 0 Å². The number of rotatable bonds is 12. The Bertz CT molecular complexity index is 1160. The molecule has 0 saturated carbocycles. The van der Waals surface area contributed by atoms with Crippen LogP contribution >= 0.6 is 0 Å². The zero-order chi connectivity index (χ0) is 26.6. The summed E-state index contributed by atoms with van der Waals surface area (Å²) in [4.78, 5) is 26.9. The summed E-state index contributed by atoms with van der Waals surface area (Å²) in [6, 6.07) is 24.0. The van der Waals surface area contributed by atoms with E-state index in [4.69, 9.17) is 10.5 Å². The maximum atomic E-state index is 12.8. The van der Waals surface area contributed by atoms with Crippen LogP contribution in [0, 0.1) is 5.92 Å². The molecule has 0 aliphatic heterocycles. The van der Waals surface area contributed by atoms with Gasteiger partial charge in [-0.25, -0.2) is 0 Å². The summed E-state index contributed by atoms with van der Waals surface area (Å²) in [6.07, 6.45) is 3.85. The molecule has 3 aromatic carbocycles. The average molecular weight is 502 g/mol. The maximum absolute atomic E-state index is 12.8. The monoisotopic (exact) mass is 501 g/mol. The molecule has 0 radical (unpaired) electrons. The van der Waals surface area contributed by atoms with E-state index in [1.165, 1.54) is 0 Å². The van der Waals surface area contributed by atoms with Crippen molar-refractivity contribution in [2.24, 2.45) is 5.92 Å². The smallest absolute Gasteiger partial charge is 0.255 e. The molecule has 3 rings (SSSR count). The largest absolute Gasteiger partial charge is 0.399 e. The molecule has 3 aromatic rings. The van der Waals surface area contributed by atoms with E-state index >= 15 is 0 Å². The Kier molecular flexibility index (Phi) is 10.4. The first-order valence-electron chi connectivity index (χ1n) is 12.3. The van der Waals surface area contributed by atoms with E-state index in [0.717, 1.165) is 11.1 Å². The van der Waals surface area contributed by atoms with Crippen LogP contribution in [0.1, 0.15) is 40.9 Å². The van der Waals surface area contributed by atoms with E-state index in [1.54, 1.807) is 36.3 Å². The molecule has 2 amide bonds. The summed E-state index contributed by atoms with van der Waals surface area (Å²) in [7, 11) is 1.65. The Labute approximate surface area is 218 Å². The molecule has 7 heteroatoms. The van der Waals surface area contributed by atoms with Crippen LogP contribution < -0.4 is 11.1 Å². The van der Waals surface area contributed by atoms with E-state index < -0.39 is 0 Å². The SMILES string of the molecule is CO[C@@H](c1ccc(NC(=O)c2ccc(N)cc2)cc1)[C@@H](C)/C=C/CC(=O)N(CCO)Cc1ccccc1.